The lowest BCUT2D eigenvalue weighted by atomic mass is 10.1. The van der Waals surface area contributed by atoms with E-state index in [0.29, 0.717) is 12.2 Å². The van der Waals surface area contributed by atoms with Crippen molar-refractivity contribution in [3.05, 3.63) is 48.0 Å². The fraction of sp³-hybridized carbons (Fsp3) is 0.231. The van der Waals surface area contributed by atoms with E-state index in [2.05, 4.69) is 27.5 Å². The second kappa shape index (κ2) is 6.01. The number of urea groups is 1. The van der Waals surface area contributed by atoms with Crippen LogP contribution in [0.15, 0.2) is 36.7 Å². The Morgan fingerprint density at radius 3 is 2.74 bits per heavy atom. The highest BCUT2D eigenvalue weighted by molar-refractivity contribution is 5.87. The molecule has 1 aromatic carbocycles. The molecule has 0 spiro atoms. The van der Waals surface area contributed by atoms with Crippen molar-refractivity contribution in [2.45, 2.75) is 19.5 Å². The number of carbonyl (C=O) groups excluding carboxylic acids is 1. The number of primary amides is 1. The molecule has 100 valence electrons. The SMILES string of the molecule is CC(NCc1ncc[nH]1)c1ccc(NC(N)=O)cc1. The number of H-pyrrole nitrogens is 1. The summed E-state index contributed by atoms with van der Waals surface area (Å²) in [7, 11) is 0. The van der Waals surface area contributed by atoms with E-state index < -0.39 is 6.03 Å². The van der Waals surface area contributed by atoms with Gasteiger partial charge in [0.15, 0.2) is 0 Å². The molecule has 1 heterocycles. The van der Waals surface area contributed by atoms with Crippen LogP contribution in [-0.2, 0) is 6.54 Å². The zero-order valence-electron chi connectivity index (χ0n) is 10.7. The minimum Gasteiger partial charge on any atom is -0.351 e. The van der Waals surface area contributed by atoms with Gasteiger partial charge in [0.25, 0.3) is 0 Å². The third-order valence-corrected chi connectivity index (χ3v) is 2.81. The number of rotatable bonds is 5. The number of nitrogens with one attached hydrogen (secondary N) is 3. The van der Waals surface area contributed by atoms with Gasteiger partial charge in [-0.25, -0.2) is 9.78 Å². The minimum atomic E-state index is -0.559. The van der Waals surface area contributed by atoms with Gasteiger partial charge < -0.3 is 21.4 Å². The van der Waals surface area contributed by atoms with Crippen LogP contribution in [0.2, 0.25) is 0 Å². The van der Waals surface area contributed by atoms with Crippen molar-refractivity contribution in [2.75, 3.05) is 5.32 Å². The Bertz CT molecular complexity index is 520. The summed E-state index contributed by atoms with van der Waals surface area (Å²) in [6, 6.07) is 7.18. The van der Waals surface area contributed by atoms with E-state index in [1.165, 1.54) is 0 Å². The van der Waals surface area contributed by atoms with Crippen molar-refractivity contribution in [3.63, 3.8) is 0 Å². The summed E-state index contributed by atoms with van der Waals surface area (Å²) in [5.74, 6) is 0.902. The molecular formula is C13H17N5O. The Morgan fingerprint density at radius 2 is 2.16 bits per heavy atom. The van der Waals surface area contributed by atoms with Crippen LogP contribution in [0.3, 0.4) is 0 Å². The quantitative estimate of drug-likeness (QED) is 0.658. The number of benzene rings is 1. The highest BCUT2D eigenvalue weighted by atomic mass is 16.2. The summed E-state index contributed by atoms with van der Waals surface area (Å²) in [6.07, 6.45) is 3.53. The number of hydrogen-bond acceptors (Lipinski definition) is 3. The topological polar surface area (TPSA) is 95.8 Å². The molecule has 5 N–H and O–H groups in total. The first-order valence-corrected chi connectivity index (χ1v) is 6.03. The van der Waals surface area contributed by atoms with Crippen molar-refractivity contribution in [3.8, 4) is 0 Å². The molecule has 1 aromatic heterocycles. The first-order valence-electron chi connectivity index (χ1n) is 6.03. The molecule has 2 amide bonds. The molecule has 0 radical (unpaired) electrons. The maximum Gasteiger partial charge on any atom is 0.316 e. The molecule has 0 aliphatic carbocycles. The van der Waals surface area contributed by atoms with E-state index in [9.17, 15) is 4.79 Å². The number of nitrogens with two attached hydrogens (primary N) is 1. The Labute approximate surface area is 111 Å². The number of anilines is 1. The van der Waals surface area contributed by atoms with Gasteiger partial charge in [0, 0.05) is 24.1 Å². The second-order valence-electron chi connectivity index (χ2n) is 4.25. The zero-order chi connectivity index (χ0) is 13.7. The molecule has 2 rings (SSSR count). The fourth-order valence-electron chi connectivity index (χ4n) is 1.76. The van der Waals surface area contributed by atoms with Gasteiger partial charge >= 0.3 is 6.03 Å². The van der Waals surface area contributed by atoms with Crippen molar-refractivity contribution >= 4 is 11.7 Å². The largest absolute Gasteiger partial charge is 0.351 e. The first-order chi connectivity index (χ1) is 9.15. The Balaban J connectivity index is 1.91. The molecule has 0 fully saturated rings. The third-order valence-electron chi connectivity index (χ3n) is 2.81. The molecule has 0 aliphatic rings. The number of amides is 2. The summed E-state index contributed by atoms with van der Waals surface area (Å²) in [6.45, 7) is 2.74. The van der Waals surface area contributed by atoms with Crippen molar-refractivity contribution in [1.82, 2.24) is 15.3 Å². The molecule has 6 nitrogen and oxygen atoms in total. The van der Waals surface area contributed by atoms with Gasteiger partial charge in [-0.05, 0) is 24.6 Å². The molecular weight excluding hydrogens is 242 g/mol. The third kappa shape index (κ3) is 3.82. The van der Waals surface area contributed by atoms with E-state index in [1.54, 1.807) is 12.4 Å². The van der Waals surface area contributed by atoms with E-state index in [1.807, 2.05) is 24.3 Å². The van der Waals surface area contributed by atoms with Gasteiger partial charge in [-0.15, -0.1) is 0 Å². The van der Waals surface area contributed by atoms with Gasteiger partial charge in [0.2, 0.25) is 0 Å². The van der Waals surface area contributed by atoms with Gasteiger partial charge in [0.1, 0.15) is 5.82 Å². The Morgan fingerprint density at radius 1 is 1.42 bits per heavy atom. The predicted molar refractivity (Wildman–Crippen MR) is 73.5 cm³/mol. The average Bonchev–Trinajstić information content (AvgIpc) is 2.89. The van der Waals surface area contributed by atoms with Crippen LogP contribution >= 0.6 is 0 Å². The number of carbonyl (C=O) groups is 1. The molecule has 6 heteroatoms. The van der Waals surface area contributed by atoms with E-state index in [-0.39, 0.29) is 6.04 Å². The molecule has 1 unspecified atom stereocenters. The normalized spacial score (nSPS) is 12.1. The first kappa shape index (κ1) is 13.1. The number of aromatic nitrogens is 2. The van der Waals surface area contributed by atoms with Crippen LogP contribution in [0.5, 0.6) is 0 Å². The van der Waals surface area contributed by atoms with E-state index in [0.717, 1.165) is 11.4 Å². The van der Waals surface area contributed by atoms with Gasteiger partial charge in [-0.3, -0.25) is 0 Å². The highest BCUT2D eigenvalue weighted by Crippen LogP contribution is 2.16. The Kier molecular flexibility index (Phi) is 4.15. The molecule has 0 saturated heterocycles. The highest BCUT2D eigenvalue weighted by Gasteiger charge is 2.06. The second-order valence-corrected chi connectivity index (χ2v) is 4.25. The van der Waals surface area contributed by atoms with Crippen molar-refractivity contribution in [2.24, 2.45) is 5.73 Å². The van der Waals surface area contributed by atoms with E-state index in [4.69, 9.17) is 5.73 Å². The monoisotopic (exact) mass is 259 g/mol. The van der Waals surface area contributed by atoms with Crippen LogP contribution in [0.1, 0.15) is 24.4 Å². The summed E-state index contributed by atoms with van der Waals surface area (Å²) >= 11 is 0. The van der Waals surface area contributed by atoms with Crippen molar-refractivity contribution < 1.29 is 4.79 Å². The standard InChI is InChI=1S/C13H17N5O/c1-9(17-8-12-15-6-7-16-12)10-2-4-11(5-3-10)18-13(14)19/h2-7,9,17H,8H2,1H3,(H,15,16)(H3,14,18,19). The van der Waals surface area contributed by atoms with Gasteiger partial charge in [-0.2, -0.15) is 0 Å². The lowest BCUT2D eigenvalue weighted by molar-refractivity contribution is 0.259. The molecule has 2 aromatic rings. The van der Waals surface area contributed by atoms with Crippen molar-refractivity contribution in [1.29, 1.82) is 0 Å². The fourth-order valence-corrected chi connectivity index (χ4v) is 1.76. The minimum absolute atomic E-state index is 0.188. The van der Waals surface area contributed by atoms with Crippen LogP contribution in [-0.4, -0.2) is 16.0 Å². The Hall–Kier alpha value is -2.34. The van der Waals surface area contributed by atoms with Crippen LogP contribution in [0.25, 0.3) is 0 Å². The molecule has 0 saturated carbocycles. The summed E-state index contributed by atoms with van der Waals surface area (Å²) in [5.41, 5.74) is 6.87. The van der Waals surface area contributed by atoms with Gasteiger partial charge in [0.05, 0.1) is 6.54 Å². The summed E-state index contributed by atoms with van der Waals surface area (Å²) in [4.78, 5) is 17.9. The average molecular weight is 259 g/mol. The zero-order valence-corrected chi connectivity index (χ0v) is 10.7. The lowest BCUT2D eigenvalue weighted by Crippen LogP contribution is -2.20. The maximum absolute atomic E-state index is 10.7. The van der Waals surface area contributed by atoms with Crippen LogP contribution in [0.4, 0.5) is 10.5 Å². The smallest absolute Gasteiger partial charge is 0.316 e. The molecule has 0 bridgehead atoms. The van der Waals surface area contributed by atoms with Gasteiger partial charge in [-0.1, -0.05) is 12.1 Å². The number of hydrogen-bond donors (Lipinski definition) is 4. The molecule has 19 heavy (non-hydrogen) atoms. The van der Waals surface area contributed by atoms with E-state index >= 15 is 0 Å². The summed E-state index contributed by atoms with van der Waals surface area (Å²) in [5, 5.41) is 5.88. The molecule has 1 atom stereocenters. The maximum atomic E-state index is 10.7. The number of nitrogens with zero attached hydrogens (tertiary/aromatic N) is 1. The predicted octanol–water partition coefficient (Wildman–Crippen LogP) is 1.75. The molecule has 0 aliphatic heterocycles. The number of aromatic amines is 1. The van der Waals surface area contributed by atoms with Crippen LogP contribution < -0.4 is 16.4 Å². The number of imidazole rings is 1. The van der Waals surface area contributed by atoms with Crippen LogP contribution in [0, 0.1) is 0 Å². The lowest BCUT2D eigenvalue weighted by Gasteiger charge is -2.14. The summed E-state index contributed by atoms with van der Waals surface area (Å²) < 4.78 is 0.